The van der Waals surface area contributed by atoms with Crippen molar-refractivity contribution in [3.05, 3.63) is 63.4 Å². The van der Waals surface area contributed by atoms with Crippen molar-refractivity contribution < 1.29 is 0 Å². The summed E-state index contributed by atoms with van der Waals surface area (Å²) in [7, 11) is 0. The van der Waals surface area contributed by atoms with Crippen LogP contribution >= 0.6 is 22.9 Å². The number of nitrogens with zero attached hydrogens (tertiary/aromatic N) is 1. The molecule has 0 bridgehead atoms. The summed E-state index contributed by atoms with van der Waals surface area (Å²) in [5.74, 6) is 0. The number of nitrogens with one attached hydrogen (secondary N) is 1. The number of benzene rings is 1. The monoisotopic (exact) mass is 302 g/mol. The average molecular weight is 303 g/mol. The maximum absolute atomic E-state index is 6.09. The quantitative estimate of drug-likeness (QED) is 0.759. The number of thiophene rings is 1. The third-order valence-electron chi connectivity index (χ3n) is 3.28. The summed E-state index contributed by atoms with van der Waals surface area (Å²) in [4.78, 5) is 5.66. The fourth-order valence-electron chi connectivity index (χ4n) is 2.43. The molecule has 102 valence electrons. The van der Waals surface area contributed by atoms with Crippen LogP contribution in [0.15, 0.2) is 48.7 Å². The van der Waals surface area contributed by atoms with Crippen LogP contribution in [0.4, 0.5) is 0 Å². The molecule has 4 heteroatoms. The first kappa shape index (κ1) is 13.6. The highest BCUT2D eigenvalue weighted by Crippen LogP contribution is 2.33. The van der Waals surface area contributed by atoms with Gasteiger partial charge in [0.2, 0.25) is 0 Å². The normalized spacial score (nSPS) is 12.7. The van der Waals surface area contributed by atoms with Crippen LogP contribution in [0.3, 0.4) is 0 Å². The van der Waals surface area contributed by atoms with Crippen molar-refractivity contribution in [3.63, 3.8) is 0 Å². The summed E-state index contributed by atoms with van der Waals surface area (Å²) in [5, 5.41) is 4.73. The van der Waals surface area contributed by atoms with Crippen molar-refractivity contribution in [1.29, 1.82) is 0 Å². The molecule has 0 aliphatic carbocycles. The second kappa shape index (κ2) is 5.92. The number of pyridine rings is 1. The SMILES string of the molecule is CCNC(c1ccc(Cl)s1)c1cccc2ncccc12. The van der Waals surface area contributed by atoms with Crippen LogP contribution in [0.5, 0.6) is 0 Å². The van der Waals surface area contributed by atoms with E-state index in [0.717, 1.165) is 16.4 Å². The molecule has 1 aromatic carbocycles. The fraction of sp³-hybridized carbons (Fsp3) is 0.188. The van der Waals surface area contributed by atoms with Gasteiger partial charge >= 0.3 is 0 Å². The van der Waals surface area contributed by atoms with E-state index in [4.69, 9.17) is 11.6 Å². The summed E-state index contributed by atoms with van der Waals surface area (Å²) >= 11 is 7.71. The van der Waals surface area contributed by atoms with Crippen LogP contribution in [0.25, 0.3) is 10.9 Å². The summed E-state index contributed by atoms with van der Waals surface area (Å²) < 4.78 is 0.821. The van der Waals surface area contributed by atoms with Gasteiger partial charge in [0.15, 0.2) is 0 Å². The van der Waals surface area contributed by atoms with Gasteiger partial charge in [0.1, 0.15) is 0 Å². The lowest BCUT2D eigenvalue weighted by atomic mass is 10.00. The van der Waals surface area contributed by atoms with E-state index in [1.54, 1.807) is 11.3 Å². The highest BCUT2D eigenvalue weighted by Gasteiger charge is 2.17. The minimum absolute atomic E-state index is 0.158. The number of hydrogen-bond donors (Lipinski definition) is 1. The van der Waals surface area contributed by atoms with Gasteiger partial charge in [-0.2, -0.15) is 0 Å². The molecule has 0 fully saturated rings. The van der Waals surface area contributed by atoms with E-state index in [1.807, 2.05) is 24.4 Å². The summed E-state index contributed by atoms with van der Waals surface area (Å²) in [6.45, 7) is 3.02. The Morgan fingerprint density at radius 3 is 2.85 bits per heavy atom. The molecule has 2 aromatic heterocycles. The number of halogens is 1. The molecule has 0 spiro atoms. The number of fused-ring (bicyclic) bond motifs is 1. The van der Waals surface area contributed by atoms with E-state index in [-0.39, 0.29) is 6.04 Å². The Balaban J connectivity index is 2.14. The Bertz CT molecular complexity index is 718. The zero-order valence-corrected chi connectivity index (χ0v) is 12.7. The van der Waals surface area contributed by atoms with Crippen LogP contribution in [0, 0.1) is 0 Å². The lowest BCUT2D eigenvalue weighted by molar-refractivity contribution is 0.643. The van der Waals surface area contributed by atoms with Gasteiger partial charge in [-0.05, 0) is 36.4 Å². The van der Waals surface area contributed by atoms with Gasteiger partial charge in [-0.25, -0.2) is 0 Å². The van der Waals surface area contributed by atoms with Crippen molar-refractivity contribution in [1.82, 2.24) is 10.3 Å². The molecule has 1 N–H and O–H groups in total. The Kier molecular flexibility index (Phi) is 4.01. The van der Waals surface area contributed by atoms with Gasteiger partial charge in [0.25, 0.3) is 0 Å². The summed E-state index contributed by atoms with van der Waals surface area (Å²) in [6, 6.07) is 14.6. The third-order valence-corrected chi connectivity index (χ3v) is 4.57. The molecule has 0 aliphatic heterocycles. The number of hydrogen-bond acceptors (Lipinski definition) is 3. The Morgan fingerprint density at radius 1 is 1.20 bits per heavy atom. The molecule has 3 rings (SSSR count). The van der Waals surface area contributed by atoms with E-state index in [0.29, 0.717) is 0 Å². The van der Waals surface area contributed by atoms with Crippen LogP contribution in [-0.2, 0) is 0 Å². The van der Waals surface area contributed by atoms with E-state index in [2.05, 4.69) is 41.5 Å². The highest BCUT2D eigenvalue weighted by molar-refractivity contribution is 7.16. The standard InChI is InChI=1S/C16H15ClN2S/c1-2-18-16(14-8-9-15(17)20-14)12-5-3-7-13-11(12)6-4-10-19-13/h3-10,16,18H,2H2,1H3. The van der Waals surface area contributed by atoms with Crippen LogP contribution in [-0.4, -0.2) is 11.5 Å². The molecule has 0 aliphatic rings. The predicted molar refractivity (Wildman–Crippen MR) is 86.6 cm³/mol. The van der Waals surface area contributed by atoms with E-state index < -0.39 is 0 Å². The molecule has 1 atom stereocenters. The second-order valence-corrected chi connectivity index (χ2v) is 6.30. The molecule has 0 saturated carbocycles. The van der Waals surface area contributed by atoms with Crippen molar-refractivity contribution in [2.75, 3.05) is 6.54 Å². The van der Waals surface area contributed by atoms with Crippen molar-refractivity contribution in [2.24, 2.45) is 0 Å². The molecule has 0 radical (unpaired) electrons. The Morgan fingerprint density at radius 2 is 2.10 bits per heavy atom. The predicted octanol–water partition coefficient (Wildman–Crippen LogP) is 4.65. The smallest absolute Gasteiger partial charge is 0.0931 e. The maximum atomic E-state index is 6.09. The lowest BCUT2D eigenvalue weighted by Gasteiger charge is -2.18. The van der Waals surface area contributed by atoms with Crippen LogP contribution < -0.4 is 5.32 Å². The average Bonchev–Trinajstić information content (AvgIpc) is 2.91. The van der Waals surface area contributed by atoms with Gasteiger partial charge in [-0.1, -0.05) is 36.7 Å². The van der Waals surface area contributed by atoms with Crippen molar-refractivity contribution >= 4 is 33.8 Å². The Hall–Kier alpha value is -1.42. The molecule has 1 unspecified atom stereocenters. The number of aromatic nitrogens is 1. The summed E-state index contributed by atoms with van der Waals surface area (Å²) in [5.41, 5.74) is 2.27. The van der Waals surface area contributed by atoms with Gasteiger partial charge in [0.05, 0.1) is 15.9 Å². The van der Waals surface area contributed by atoms with Gasteiger partial charge in [-0.15, -0.1) is 11.3 Å². The Labute approximate surface area is 127 Å². The van der Waals surface area contributed by atoms with Crippen molar-refractivity contribution in [3.8, 4) is 0 Å². The summed E-state index contributed by atoms with van der Waals surface area (Å²) in [6.07, 6.45) is 1.83. The van der Waals surface area contributed by atoms with E-state index in [1.165, 1.54) is 15.8 Å². The zero-order valence-electron chi connectivity index (χ0n) is 11.1. The molecular formula is C16H15ClN2S. The molecule has 20 heavy (non-hydrogen) atoms. The fourth-order valence-corrected chi connectivity index (χ4v) is 3.59. The number of rotatable bonds is 4. The topological polar surface area (TPSA) is 24.9 Å². The lowest BCUT2D eigenvalue weighted by Crippen LogP contribution is -2.21. The van der Waals surface area contributed by atoms with E-state index in [9.17, 15) is 0 Å². The minimum Gasteiger partial charge on any atom is -0.306 e. The molecule has 2 nitrogen and oxygen atoms in total. The molecule has 0 amide bonds. The van der Waals surface area contributed by atoms with Crippen LogP contribution in [0.2, 0.25) is 4.34 Å². The maximum Gasteiger partial charge on any atom is 0.0931 e. The van der Waals surface area contributed by atoms with Gasteiger partial charge < -0.3 is 5.32 Å². The van der Waals surface area contributed by atoms with Crippen molar-refractivity contribution in [2.45, 2.75) is 13.0 Å². The molecule has 2 heterocycles. The van der Waals surface area contributed by atoms with Gasteiger partial charge in [-0.3, -0.25) is 4.98 Å². The second-order valence-electron chi connectivity index (χ2n) is 4.55. The molecule has 3 aromatic rings. The van der Waals surface area contributed by atoms with Gasteiger partial charge in [0, 0.05) is 16.5 Å². The third kappa shape index (κ3) is 2.57. The largest absolute Gasteiger partial charge is 0.306 e. The molecule has 0 saturated heterocycles. The van der Waals surface area contributed by atoms with E-state index >= 15 is 0 Å². The highest BCUT2D eigenvalue weighted by atomic mass is 35.5. The minimum atomic E-state index is 0.158. The first-order valence-electron chi connectivity index (χ1n) is 6.62. The first-order chi connectivity index (χ1) is 9.79. The zero-order chi connectivity index (χ0) is 13.9. The first-order valence-corrected chi connectivity index (χ1v) is 7.81. The molecular weight excluding hydrogens is 288 g/mol. The van der Waals surface area contributed by atoms with Crippen LogP contribution in [0.1, 0.15) is 23.4 Å².